The Hall–Kier alpha value is -4.70. The lowest BCUT2D eigenvalue weighted by molar-refractivity contribution is -0.385. The molecule has 0 spiro atoms. The van der Waals surface area contributed by atoms with Crippen LogP contribution in [0.5, 0.6) is 0 Å². The second-order valence-corrected chi connectivity index (χ2v) is 9.75. The third kappa shape index (κ3) is 4.49. The number of rotatable bonds is 6. The van der Waals surface area contributed by atoms with Gasteiger partial charge in [0, 0.05) is 47.9 Å². The molecule has 3 heterocycles. The quantitative estimate of drug-likeness (QED) is 0.246. The zero-order valence-electron chi connectivity index (χ0n) is 19.0. The molecule has 0 aliphatic heterocycles. The van der Waals surface area contributed by atoms with Gasteiger partial charge in [-0.15, -0.1) is 0 Å². The van der Waals surface area contributed by atoms with Gasteiger partial charge in [-0.05, 0) is 65.6 Å². The van der Waals surface area contributed by atoms with Gasteiger partial charge in [-0.2, -0.15) is 0 Å². The number of sulfonamides is 1. The second kappa shape index (κ2) is 9.16. The van der Waals surface area contributed by atoms with Gasteiger partial charge in [-0.3, -0.25) is 29.8 Å². The van der Waals surface area contributed by atoms with Crippen molar-refractivity contribution in [2.24, 2.45) is 0 Å². The SMILES string of the molecule is Cc1ccc([N+](=O)[O-])cc1S(=O)(=O)Nc1cncc(-c2ccc3nccc(-c4ccncc4)c3c2)c1. The Bertz CT molecular complexity index is 1720. The summed E-state index contributed by atoms with van der Waals surface area (Å²) >= 11 is 0. The first-order valence-corrected chi connectivity index (χ1v) is 12.3. The number of aryl methyl sites for hydroxylation is 1. The number of fused-ring (bicyclic) bond motifs is 1. The first-order chi connectivity index (χ1) is 17.3. The number of anilines is 1. The lowest BCUT2D eigenvalue weighted by Gasteiger charge is -2.12. The Kier molecular flexibility index (Phi) is 5.87. The van der Waals surface area contributed by atoms with Crippen molar-refractivity contribution in [3.63, 3.8) is 0 Å². The summed E-state index contributed by atoms with van der Waals surface area (Å²) in [7, 11) is -4.09. The van der Waals surface area contributed by atoms with Crippen molar-refractivity contribution in [1.82, 2.24) is 15.0 Å². The number of pyridine rings is 3. The first-order valence-electron chi connectivity index (χ1n) is 10.8. The van der Waals surface area contributed by atoms with Crippen LogP contribution in [0.1, 0.15) is 5.56 Å². The van der Waals surface area contributed by atoms with Gasteiger partial charge in [0.1, 0.15) is 0 Å². The van der Waals surface area contributed by atoms with E-state index in [0.29, 0.717) is 11.1 Å². The highest BCUT2D eigenvalue weighted by Gasteiger charge is 2.21. The van der Waals surface area contributed by atoms with Crippen LogP contribution >= 0.6 is 0 Å². The number of nitrogens with zero attached hydrogens (tertiary/aromatic N) is 4. The fraction of sp³-hybridized carbons (Fsp3) is 0.0385. The van der Waals surface area contributed by atoms with E-state index in [2.05, 4.69) is 19.7 Å². The van der Waals surface area contributed by atoms with E-state index in [-0.39, 0.29) is 16.3 Å². The highest BCUT2D eigenvalue weighted by atomic mass is 32.2. The van der Waals surface area contributed by atoms with Crippen LogP contribution in [0.15, 0.2) is 96.5 Å². The minimum Gasteiger partial charge on any atom is -0.278 e. The number of aromatic nitrogens is 3. The molecule has 0 saturated heterocycles. The molecule has 0 aliphatic carbocycles. The minimum atomic E-state index is -4.09. The molecule has 1 N–H and O–H groups in total. The van der Waals surface area contributed by atoms with Gasteiger partial charge in [0.25, 0.3) is 15.7 Å². The normalized spacial score (nSPS) is 11.4. The van der Waals surface area contributed by atoms with Gasteiger partial charge >= 0.3 is 0 Å². The van der Waals surface area contributed by atoms with E-state index in [1.54, 1.807) is 37.8 Å². The highest BCUT2D eigenvalue weighted by Crippen LogP contribution is 2.32. The lowest BCUT2D eigenvalue weighted by Crippen LogP contribution is -2.14. The second-order valence-electron chi connectivity index (χ2n) is 8.10. The molecule has 0 unspecified atom stereocenters. The summed E-state index contributed by atoms with van der Waals surface area (Å²) < 4.78 is 28.6. The minimum absolute atomic E-state index is 0.166. The summed E-state index contributed by atoms with van der Waals surface area (Å²) in [5, 5.41) is 12.1. The molecule has 0 bridgehead atoms. The number of non-ortho nitro benzene ring substituents is 1. The maximum atomic E-state index is 13.0. The predicted molar refractivity (Wildman–Crippen MR) is 137 cm³/mol. The zero-order chi connectivity index (χ0) is 25.3. The molecule has 0 aliphatic rings. The Morgan fingerprint density at radius 3 is 2.42 bits per heavy atom. The highest BCUT2D eigenvalue weighted by molar-refractivity contribution is 7.92. The van der Waals surface area contributed by atoms with Crippen LogP contribution < -0.4 is 4.72 Å². The average molecular weight is 498 g/mol. The van der Waals surface area contributed by atoms with Crippen molar-refractivity contribution in [2.45, 2.75) is 11.8 Å². The van der Waals surface area contributed by atoms with Crippen LogP contribution in [0.4, 0.5) is 11.4 Å². The molecule has 3 aromatic heterocycles. The van der Waals surface area contributed by atoms with Gasteiger partial charge in [0.15, 0.2) is 0 Å². The van der Waals surface area contributed by atoms with E-state index < -0.39 is 14.9 Å². The standard InChI is InChI=1S/C26H19N5O4S/c1-17-2-4-22(31(32)33)14-26(17)36(34,35)30-21-12-20(15-28-16-21)19-3-5-25-24(13-19)23(8-11-29-25)18-6-9-27-10-7-18/h2-16,30H,1H3. The Balaban J connectivity index is 1.52. The van der Waals surface area contributed by atoms with Gasteiger partial charge in [0.2, 0.25) is 0 Å². The number of nitrogens with one attached hydrogen (secondary N) is 1. The molecule has 2 aromatic carbocycles. The molecular formula is C26H19N5O4S. The number of nitro groups is 1. The van der Waals surface area contributed by atoms with Crippen LogP contribution in [-0.4, -0.2) is 28.3 Å². The molecule has 178 valence electrons. The van der Waals surface area contributed by atoms with Crippen LogP contribution in [0.2, 0.25) is 0 Å². The van der Waals surface area contributed by atoms with Crippen molar-refractivity contribution >= 4 is 32.3 Å². The van der Waals surface area contributed by atoms with Crippen molar-refractivity contribution < 1.29 is 13.3 Å². The van der Waals surface area contributed by atoms with Crippen molar-refractivity contribution in [1.29, 1.82) is 0 Å². The molecular weight excluding hydrogens is 478 g/mol. The molecule has 5 rings (SSSR count). The van der Waals surface area contributed by atoms with Gasteiger partial charge in [-0.25, -0.2) is 8.42 Å². The molecule has 0 saturated carbocycles. The number of hydrogen-bond donors (Lipinski definition) is 1. The molecule has 0 atom stereocenters. The monoisotopic (exact) mass is 497 g/mol. The Morgan fingerprint density at radius 2 is 1.64 bits per heavy atom. The van der Waals surface area contributed by atoms with Crippen LogP contribution in [0.25, 0.3) is 33.2 Å². The summed E-state index contributed by atoms with van der Waals surface area (Å²) in [5.41, 5.74) is 4.66. The fourth-order valence-corrected chi connectivity index (χ4v) is 5.26. The van der Waals surface area contributed by atoms with E-state index in [1.165, 1.54) is 18.3 Å². The zero-order valence-corrected chi connectivity index (χ0v) is 19.8. The molecule has 0 radical (unpaired) electrons. The van der Waals surface area contributed by atoms with E-state index in [1.807, 2.05) is 36.4 Å². The predicted octanol–water partition coefficient (Wildman–Crippen LogP) is 5.38. The molecule has 0 amide bonds. The molecule has 5 aromatic rings. The summed E-state index contributed by atoms with van der Waals surface area (Å²) in [6.07, 6.45) is 8.24. The number of hydrogen-bond acceptors (Lipinski definition) is 7. The molecule has 36 heavy (non-hydrogen) atoms. The van der Waals surface area contributed by atoms with E-state index >= 15 is 0 Å². The topological polar surface area (TPSA) is 128 Å². The summed E-state index contributed by atoms with van der Waals surface area (Å²) in [4.78, 5) is 23.1. The van der Waals surface area contributed by atoms with Crippen LogP contribution in [0, 0.1) is 17.0 Å². The summed E-state index contributed by atoms with van der Waals surface area (Å²) in [6.45, 7) is 1.58. The summed E-state index contributed by atoms with van der Waals surface area (Å²) in [6, 6.07) is 17.0. The Labute approximate surface area is 206 Å². The van der Waals surface area contributed by atoms with Crippen LogP contribution in [0.3, 0.4) is 0 Å². The Morgan fingerprint density at radius 1 is 0.833 bits per heavy atom. The number of benzene rings is 2. The lowest BCUT2D eigenvalue weighted by atomic mass is 9.98. The van der Waals surface area contributed by atoms with Crippen LogP contribution in [-0.2, 0) is 10.0 Å². The van der Waals surface area contributed by atoms with E-state index in [4.69, 9.17) is 0 Å². The van der Waals surface area contributed by atoms with E-state index in [9.17, 15) is 18.5 Å². The van der Waals surface area contributed by atoms with Gasteiger partial charge < -0.3 is 0 Å². The van der Waals surface area contributed by atoms with Crippen molar-refractivity contribution in [3.05, 3.63) is 107 Å². The van der Waals surface area contributed by atoms with Crippen molar-refractivity contribution in [2.75, 3.05) is 4.72 Å². The average Bonchev–Trinajstić information content (AvgIpc) is 2.88. The summed E-state index contributed by atoms with van der Waals surface area (Å²) in [5.74, 6) is 0. The molecule has 10 heteroatoms. The fourth-order valence-electron chi connectivity index (χ4n) is 3.96. The molecule has 9 nitrogen and oxygen atoms in total. The molecule has 0 fully saturated rings. The number of nitro benzene ring substituents is 1. The smallest absolute Gasteiger partial charge is 0.270 e. The van der Waals surface area contributed by atoms with E-state index in [0.717, 1.165) is 33.7 Å². The van der Waals surface area contributed by atoms with Crippen molar-refractivity contribution in [3.8, 4) is 22.3 Å². The third-order valence-corrected chi connectivity index (χ3v) is 7.25. The van der Waals surface area contributed by atoms with Gasteiger partial charge in [-0.1, -0.05) is 12.1 Å². The largest absolute Gasteiger partial charge is 0.278 e. The maximum Gasteiger partial charge on any atom is 0.270 e. The maximum absolute atomic E-state index is 13.0. The third-order valence-electron chi connectivity index (χ3n) is 5.73. The van der Waals surface area contributed by atoms with Gasteiger partial charge in [0.05, 0.1) is 27.2 Å². The first kappa shape index (κ1) is 23.1.